The average Bonchev–Trinajstić information content (AvgIpc) is 3.08. The molecule has 0 fully saturated rings. The topological polar surface area (TPSA) is 25.2 Å². The molecule has 1 aromatic heterocycles. The summed E-state index contributed by atoms with van der Waals surface area (Å²) >= 11 is 0. The van der Waals surface area contributed by atoms with Crippen molar-refractivity contribution in [2.45, 2.75) is 26.2 Å². The van der Waals surface area contributed by atoms with Gasteiger partial charge in [-0.1, -0.05) is 75.4 Å². The molecule has 5 aromatic rings. The van der Waals surface area contributed by atoms with Gasteiger partial charge in [-0.05, 0) is 40.5 Å². The fourth-order valence-electron chi connectivity index (χ4n) is 3.98. The Morgan fingerprint density at radius 1 is 0.714 bits per heavy atom. The van der Waals surface area contributed by atoms with Gasteiger partial charge in [0.1, 0.15) is 5.58 Å². The molecule has 4 aromatic carbocycles. The highest BCUT2D eigenvalue weighted by Gasteiger charge is 2.23. The number of para-hydroxylation sites is 2. The van der Waals surface area contributed by atoms with Crippen molar-refractivity contribution in [1.82, 2.24) is 0 Å². The predicted molar refractivity (Wildman–Crippen MR) is 120 cm³/mol. The number of fused-ring (bicyclic) bond motifs is 5. The maximum Gasteiger partial charge on any atom is 0.158 e. The van der Waals surface area contributed by atoms with Crippen LogP contribution in [0, 0.1) is 0 Å². The van der Waals surface area contributed by atoms with Crippen LogP contribution in [-0.2, 0) is 5.41 Å². The average molecular weight is 365 g/mol. The first-order valence-electron chi connectivity index (χ1n) is 9.72. The van der Waals surface area contributed by atoms with Crippen LogP contribution in [0.2, 0.25) is 0 Å². The van der Waals surface area contributed by atoms with Gasteiger partial charge in [-0.15, -0.1) is 0 Å². The third-order valence-corrected chi connectivity index (χ3v) is 5.35. The summed E-state index contributed by atoms with van der Waals surface area (Å²) in [6.45, 7) is 6.73. The van der Waals surface area contributed by atoms with E-state index in [1.807, 2.05) is 18.2 Å². The van der Waals surface area contributed by atoms with Gasteiger partial charge in [-0.2, -0.15) is 0 Å². The van der Waals surface area contributed by atoms with Crippen LogP contribution in [0.5, 0.6) is 0 Å². The third kappa shape index (κ3) is 2.65. The lowest BCUT2D eigenvalue weighted by atomic mass is 9.84. The molecule has 2 heteroatoms. The molecular formula is C26H23NO. The minimum Gasteiger partial charge on any atom is -0.454 e. The number of anilines is 2. The number of hydrogen-bond donors (Lipinski definition) is 1. The molecule has 0 unspecified atom stereocenters. The predicted octanol–water partition coefficient (Wildman–Crippen LogP) is 7.78. The molecule has 0 radical (unpaired) electrons. The molecule has 0 spiro atoms. The van der Waals surface area contributed by atoms with Gasteiger partial charge in [0, 0.05) is 22.0 Å². The van der Waals surface area contributed by atoms with E-state index in [1.54, 1.807) is 0 Å². The van der Waals surface area contributed by atoms with Crippen LogP contribution < -0.4 is 5.32 Å². The first-order valence-corrected chi connectivity index (χ1v) is 9.72. The van der Waals surface area contributed by atoms with Crippen LogP contribution in [-0.4, -0.2) is 0 Å². The largest absolute Gasteiger partial charge is 0.454 e. The number of furan rings is 1. The van der Waals surface area contributed by atoms with Crippen molar-refractivity contribution in [2.24, 2.45) is 0 Å². The van der Waals surface area contributed by atoms with Crippen molar-refractivity contribution in [3.05, 3.63) is 84.4 Å². The van der Waals surface area contributed by atoms with Gasteiger partial charge >= 0.3 is 0 Å². The Morgan fingerprint density at radius 3 is 2.21 bits per heavy atom. The minimum atomic E-state index is -0.0107. The zero-order valence-electron chi connectivity index (χ0n) is 16.4. The van der Waals surface area contributed by atoms with Gasteiger partial charge in [-0.3, -0.25) is 0 Å². The maximum absolute atomic E-state index is 6.56. The van der Waals surface area contributed by atoms with E-state index >= 15 is 0 Å². The molecule has 0 aliphatic heterocycles. The van der Waals surface area contributed by atoms with Crippen LogP contribution in [0.3, 0.4) is 0 Å². The van der Waals surface area contributed by atoms with Crippen molar-refractivity contribution in [1.29, 1.82) is 0 Å². The highest BCUT2D eigenvalue weighted by molar-refractivity contribution is 6.21. The van der Waals surface area contributed by atoms with Gasteiger partial charge in [-0.25, -0.2) is 0 Å². The SMILES string of the molecule is CC(C)(C)c1cc2ccccc2c2c1oc1c(Nc3ccccc3)cccc12. The quantitative estimate of drug-likeness (QED) is 0.345. The zero-order valence-corrected chi connectivity index (χ0v) is 16.4. The fraction of sp³-hybridized carbons (Fsp3) is 0.154. The summed E-state index contributed by atoms with van der Waals surface area (Å²) in [4.78, 5) is 0. The van der Waals surface area contributed by atoms with E-state index in [-0.39, 0.29) is 5.41 Å². The summed E-state index contributed by atoms with van der Waals surface area (Å²) in [5.41, 5.74) is 5.17. The van der Waals surface area contributed by atoms with Crippen molar-refractivity contribution in [3.8, 4) is 0 Å². The zero-order chi connectivity index (χ0) is 19.3. The van der Waals surface area contributed by atoms with E-state index in [9.17, 15) is 0 Å². The second kappa shape index (κ2) is 6.13. The lowest BCUT2D eigenvalue weighted by molar-refractivity contribution is 0.574. The van der Waals surface area contributed by atoms with E-state index in [0.29, 0.717) is 0 Å². The van der Waals surface area contributed by atoms with Crippen LogP contribution in [0.4, 0.5) is 11.4 Å². The Balaban J connectivity index is 1.87. The molecule has 5 rings (SSSR count). The van der Waals surface area contributed by atoms with Gasteiger partial charge < -0.3 is 9.73 Å². The summed E-state index contributed by atoms with van der Waals surface area (Å²) in [6, 6.07) is 27.4. The highest BCUT2D eigenvalue weighted by atomic mass is 16.3. The smallest absolute Gasteiger partial charge is 0.158 e. The molecule has 1 N–H and O–H groups in total. The third-order valence-electron chi connectivity index (χ3n) is 5.35. The molecule has 0 aliphatic carbocycles. The van der Waals surface area contributed by atoms with Crippen molar-refractivity contribution < 1.29 is 4.42 Å². The maximum atomic E-state index is 6.56. The normalized spacial score (nSPS) is 12.1. The van der Waals surface area contributed by atoms with Crippen molar-refractivity contribution >= 4 is 44.1 Å². The van der Waals surface area contributed by atoms with Crippen molar-refractivity contribution in [3.63, 3.8) is 0 Å². The molecule has 1 heterocycles. The summed E-state index contributed by atoms with van der Waals surface area (Å²) in [7, 11) is 0. The van der Waals surface area contributed by atoms with E-state index < -0.39 is 0 Å². The number of rotatable bonds is 2. The summed E-state index contributed by atoms with van der Waals surface area (Å²) in [5.74, 6) is 0. The van der Waals surface area contributed by atoms with E-state index in [2.05, 4.69) is 86.8 Å². The Labute approximate surface area is 164 Å². The Bertz CT molecular complexity index is 1310. The second-order valence-corrected chi connectivity index (χ2v) is 8.37. The molecule has 28 heavy (non-hydrogen) atoms. The van der Waals surface area contributed by atoms with Crippen LogP contribution in [0.1, 0.15) is 26.3 Å². The van der Waals surface area contributed by atoms with E-state index in [1.165, 1.54) is 21.7 Å². The monoisotopic (exact) mass is 365 g/mol. The van der Waals surface area contributed by atoms with Gasteiger partial charge in [0.05, 0.1) is 5.69 Å². The lowest BCUT2D eigenvalue weighted by Crippen LogP contribution is -2.11. The Hall–Kier alpha value is -3.26. The van der Waals surface area contributed by atoms with E-state index in [4.69, 9.17) is 4.42 Å². The Kier molecular flexibility index (Phi) is 3.70. The molecule has 138 valence electrons. The number of hydrogen-bond acceptors (Lipinski definition) is 2. The second-order valence-electron chi connectivity index (χ2n) is 8.37. The first-order chi connectivity index (χ1) is 13.5. The Morgan fingerprint density at radius 2 is 1.43 bits per heavy atom. The molecular weight excluding hydrogens is 342 g/mol. The van der Waals surface area contributed by atoms with E-state index in [0.717, 1.165) is 27.9 Å². The molecule has 0 saturated heterocycles. The molecule has 0 amide bonds. The number of nitrogens with one attached hydrogen (secondary N) is 1. The molecule has 0 aliphatic rings. The minimum absolute atomic E-state index is 0.0107. The van der Waals surface area contributed by atoms with Gasteiger partial charge in [0.25, 0.3) is 0 Å². The fourth-order valence-corrected chi connectivity index (χ4v) is 3.98. The molecule has 2 nitrogen and oxygen atoms in total. The summed E-state index contributed by atoms with van der Waals surface area (Å²) < 4.78 is 6.56. The van der Waals surface area contributed by atoms with Crippen molar-refractivity contribution in [2.75, 3.05) is 5.32 Å². The standard InChI is InChI=1S/C26H23NO/c1-26(2,3)21-16-17-10-7-8-13-19(17)23-20-14-9-15-22(24(20)28-25(21)23)27-18-11-5-4-6-12-18/h4-16,27H,1-3H3. The number of benzene rings is 4. The van der Waals surface area contributed by atoms with Gasteiger partial charge in [0.2, 0.25) is 0 Å². The van der Waals surface area contributed by atoms with Crippen LogP contribution >= 0.6 is 0 Å². The molecule has 0 atom stereocenters. The lowest BCUT2D eigenvalue weighted by Gasteiger charge is -2.20. The van der Waals surface area contributed by atoms with Crippen LogP contribution in [0.25, 0.3) is 32.7 Å². The molecule has 0 bridgehead atoms. The van der Waals surface area contributed by atoms with Gasteiger partial charge in [0.15, 0.2) is 5.58 Å². The summed E-state index contributed by atoms with van der Waals surface area (Å²) in [5, 5.41) is 8.37. The highest BCUT2D eigenvalue weighted by Crippen LogP contribution is 2.43. The first kappa shape index (κ1) is 16.9. The summed E-state index contributed by atoms with van der Waals surface area (Å²) in [6.07, 6.45) is 0. The molecule has 0 saturated carbocycles. The van der Waals surface area contributed by atoms with Crippen LogP contribution in [0.15, 0.2) is 83.3 Å².